The van der Waals surface area contributed by atoms with Gasteiger partial charge in [0.15, 0.2) is 0 Å². The van der Waals surface area contributed by atoms with E-state index in [1.54, 1.807) is 12.1 Å². The Morgan fingerprint density at radius 3 is 2.67 bits per heavy atom. The standard InChI is InChI=1S/C9H11N3O4S2/c13-4-6(5-14)12-18(15,16)8-3-1-2-7-9(8)11-17-10-7/h1-3,6,12-14H,4-5H2. The number of sulfonamides is 1. The van der Waals surface area contributed by atoms with Crippen LogP contribution in [-0.4, -0.2) is 46.6 Å². The van der Waals surface area contributed by atoms with Crippen molar-refractivity contribution in [3.05, 3.63) is 18.2 Å². The molecule has 0 atom stereocenters. The summed E-state index contributed by atoms with van der Waals surface area (Å²) in [5.74, 6) is 0. The second kappa shape index (κ2) is 5.24. The Kier molecular flexibility index (Phi) is 3.88. The first kappa shape index (κ1) is 13.3. The highest BCUT2D eigenvalue weighted by atomic mass is 32.2. The zero-order chi connectivity index (χ0) is 13.2. The predicted molar refractivity (Wildman–Crippen MR) is 65.7 cm³/mol. The van der Waals surface area contributed by atoms with Crippen molar-refractivity contribution in [3.8, 4) is 0 Å². The number of nitrogens with zero attached hydrogens (tertiary/aromatic N) is 2. The van der Waals surface area contributed by atoms with Gasteiger partial charge in [-0.2, -0.15) is 8.75 Å². The van der Waals surface area contributed by atoms with Crippen molar-refractivity contribution in [2.75, 3.05) is 13.2 Å². The molecule has 0 aliphatic rings. The van der Waals surface area contributed by atoms with Crippen molar-refractivity contribution in [1.82, 2.24) is 13.5 Å². The summed E-state index contributed by atoms with van der Waals surface area (Å²) in [7, 11) is -3.85. The number of aliphatic hydroxyl groups excluding tert-OH is 2. The largest absolute Gasteiger partial charge is 0.395 e. The van der Waals surface area contributed by atoms with Crippen LogP contribution in [0.4, 0.5) is 0 Å². The van der Waals surface area contributed by atoms with Crippen LogP contribution in [0.5, 0.6) is 0 Å². The van der Waals surface area contributed by atoms with Gasteiger partial charge in [0, 0.05) is 0 Å². The second-order valence-electron chi connectivity index (χ2n) is 3.57. The smallest absolute Gasteiger partial charge is 0.243 e. The van der Waals surface area contributed by atoms with Crippen LogP contribution in [0.3, 0.4) is 0 Å². The fourth-order valence-corrected chi connectivity index (χ4v) is 3.40. The number of aliphatic hydroxyl groups is 2. The van der Waals surface area contributed by atoms with Crippen molar-refractivity contribution >= 4 is 32.8 Å². The van der Waals surface area contributed by atoms with Gasteiger partial charge in [-0.3, -0.25) is 0 Å². The van der Waals surface area contributed by atoms with Crippen molar-refractivity contribution in [3.63, 3.8) is 0 Å². The van der Waals surface area contributed by atoms with Gasteiger partial charge in [-0.25, -0.2) is 13.1 Å². The fraction of sp³-hybridized carbons (Fsp3) is 0.333. The number of hydrogen-bond donors (Lipinski definition) is 3. The maximum atomic E-state index is 12.1. The summed E-state index contributed by atoms with van der Waals surface area (Å²) < 4.78 is 34.2. The molecule has 3 N–H and O–H groups in total. The number of hydrogen-bond acceptors (Lipinski definition) is 7. The van der Waals surface area contributed by atoms with Crippen LogP contribution in [0.1, 0.15) is 0 Å². The summed E-state index contributed by atoms with van der Waals surface area (Å²) >= 11 is 0.923. The molecule has 2 aromatic rings. The molecule has 1 aromatic heterocycles. The Morgan fingerprint density at radius 1 is 1.28 bits per heavy atom. The normalized spacial score (nSPS) is 12.4. The highest BCUT2D eigenvalue weighted by molar-refractivity contribution is 7.89. The summed E-state index contributed by atoms with van der Waals surface area (Å²) in [6.07, 6.45) is 0. The van der Waals surface area contributed by atoms with E-state index >= 15 is 0 Å². The molecule has 7 nitrogen and oxygen atoms in total. The van der Waals surface area contributed by atoms with E-state index in [4.69, 9.17) is 10.2 Å². The maximum absolute atomic E-state index is 12.1. The zero-order valence-corrected chi connectivity index (χ0v) is 10.8. The van der Waals surface area contributed by atoms with E-state index in [-0.39, 0.29) is 10.4 Å². The Labute approximate surface area is 107 Å². The Morgan fingerprint density at radius 2 is 2.00 bits per heavy atom. The second-order valence-corrected chi connectivity index (χ2v) is 5.78. The molecule has 0 saturated carbocycles. The molecule has 1 heterocycles. The van der Waals surface area contributed by atoms with Gasteiger partial charge in [0.1, 0.15) is 15.9 Å². The van der Waals surface area contributed by atoms with Crippen LogP contribution in [0.2, 0.25) is 0 Å². The molecule has 9 heteroatoms. The number of benzene rings is 1. The average molecular weight is 289 g/mol. The van der Waals surface area contributed by atoms with Crippen molar-refractivity contribution in [2.45, 2.75) is 10.9 Å². The number of nitrogens with one attached hydrogen (secondary N) is 1. The molecule has 0 saturated heterocycles. The molecule has 0 aliphatic heterocycles. The molecule has 18 heavy (non-hydrogen) atoms. The Balaban J connectivity index is 2.43. The van der Waals surface area contributed by atoms with E-state index in [2.05, 4.69) is 13.5 Å². The molecular formula is C9H11N3O4S2. The molecule has 0 spiro atoms. The van der Waals surface area contributed by atoms with Crippen molar-refractivity contribution < 1.29 is 18.6 Å². The lowest BCUT2D eigenvalue weighted by Crippen LogP contribution is -2.40. The first-order valence-corrected chi connectivity index (χ1v) is 7.25. The van der Waals surface area contributed by atoms with Gasteiger partial charge in [-0.1, -0.05) is 6.07 Å². The van der Waals surface area contributed by atoms with Gasteiger partial charge < -0.3 is 10.2 Å². The number of aromatic nitrogens is 2. The summed E-state index contributed by atoms with van der Waals surface area (Å²) in [6, 6.07) is 3.69. The molecular weight excluding hydrogens is 278 g/mol. The summed E-state index contributed by atoms with van der Waals surface area (Å²) in [5.41, 5.74) is 0.775. The van der Waals surface area contributed by atoms with E-state index < -0.39 is 29.3 Å². The third-order valence-corrected chi connectivity index (χ3v) is 4.40. The van der Waals surface area contributed by atoms with Crippen LogP contribution >= 0.6 is 11.7 Å². The minimum absolute atomic E-state index is 0.0133. The predicted octanol–water partition coefficient (Wildman–Crippen LogP) is -0.677. The van der Waals surface area contributed by atoms with E-state index in [0.717, 1.165) is 11.7 Å². The molecule has 0 unspecified atom stereocenters. The van der Waals surface area contributed by atoms with Gasteiger partial charge in [0.05, 0.1) is 31.0 Å². The molecule has 1 aromatic carbocycles. The quantitative estimate of drug-likeness (QED) is 0.672. The van der Waals surface area contributed by atoms with E-state index in [1.165, 1.54) is 6.07 Å². The molecule has 0 fully saturated rings. The lowest BCUT2D eigenvalue weighted by Gasteiger charge is -2.13. The minimum atomic E-state index is -3.85. The lowest BCUT2D eigenvalue weighted by atomic mass is 10.3. The summed E-state index contributed by atoms with van der Waals surface area (Å²) in [4.78, 5) is -0.0133. The third-order valence-electron chi connectivity index (χ3n) is 2.30. The zero-order valence-electron chi connectivity index (χ0n) is 9.15. The maximum Gasteiger partial charge on any atom is 0.243 e. The van der Waals surface area contributed by atoms with E-state index in [1.807, 2.05) is 0 Å². The van der Waals surface area contributed by atoms with E-state index in [0.29, 0.717) is 5.52 Å². The van der Waals surface area contributed by atoms with Crippen LogP contribution in [0.15, 0.2) is 23.1 Å². The first-order valence-electron chi connectivity index (χ1n) is 5.04. The minimum Gasteiger partial charge on any atom is -0.395 e. The summed E-state index contributed by atoms with van der Waals surface area (Å²) in [6.45, 7) is -0.970. The molecule has 98 valence electrons. The molecule has 0 aliphatic carbocycles. The highest BCUT2D eigenvalue weighted by Crippen LogP contribution is 2.20. The monoisotopic (exact) mass is 289 g/mol. The van der Waals surface area contributed by atoms with Crippen molar-refractivity contribution in [2.24, 2.45) is 0 Å². The van der Waals surface area contributed by atoms with E-state index in [9.17, 15) is 8.42 Å². The summed E-state index contributed by atoms with van der Waals surface area (Å²) in [5, 5.41) is 17.8. The number of fused-ring (bicyclic) bond motifs is 1. The van der Waals surface area contributed by atoms with Gasteiger partial charge in [-0.05, 0) is 12.1 Å². The van der Waals surface area contributed by atoms with Gasteiger partial charge in [0.2, 0.25) is 10.0 Å². The van der Waals surface area contributed by atoms with Crippen LogP contribution in [0, 0.1) is 0 Å². The van der Waals surface area contributed by atoms with Crippen LogP contribution in [-0.2, 0) is 10.0 Å². The first-order chi connectivity index (χ1) is 8.58. The van der Waals surface area contributed by atoms with Crippen molar-refractivity contribution in [1.29, 1.82) is 0 Å². The molecule has 0 bridgehead atoms. The molecule has 2 rings (SSSR count). The van der Waals surface area contributed by atoms with Gasteiger partial charge in [0.25, 0.3) is 0 Å². The Bertz CT molecular complexity index is 636. The van der Waals surface area contributed by atoms with Gasteiger partial charge in [-0.15, -0.1) is 0 Å². The van der Waals surface area contributed by atoms with Crippen LogP contribution < -0.4 is 4.72 Å². The molecule has 0 amide bonds. The van der Waals surface area contributed by atoms with Crippen LogP contribution in [0.25, 0.3) is 11.0 Å². The third kappa shape index (κ3) is 2.49. The topological polar surface area (TPSA) is 112 Å². The molecule has 0 radical (unpaired) electrons. The lowest BCUT2D eigenvalue weighted by molar-refractivity contribution is 0.185. The SMILES string of the molecule is O=S(=O)(NC(CO)CO)c1cccc2nsnc12. The fourth-order valence-electron chi connectivity index (χ4n) is 1.41. The highest BCUT2D eigenvalue weighted by Gasteiger charge is 2.22. The average Bonchev–Trinajstić information content (AvgIpc) is 2.83. The number of rotatable bonds is 5. The Hall–Kier alpha value is -1.13. The van der Waals surface area contributed by atoms with Gasteiger partial charge >= 0.3 is 0 Å².